The van der Waals surface area contributed by atoms with Crippen molar-refractivity contribution in [2.75, 3.05) is 13.2 Å². The minimum Gasteiger partial charge on any atom is -0.381 e. The van der Waals surface area contributed by atoms with E-state index in [1.165, 1.54) is 6.07 Å². The molecular formula is C12H13Cl2FO. The standard InChI is InChI=1S/C12H13Cl2FO/c13-10-3-4-16-7-9(10)5-8-1-2-11(14)12(15)6-8/h1-2,6,9-10H,3-5,7H2. The van der Waals surface area contributed by atoms with Crippen molar-refractivity contribution in [3.8, 4) is 0 Å². The molecule has 0 aromatic heterocycles. The van der Waals surface area contributed by atoms with E-state index in [2.05, 4.69) is 0 Å². The lowest BCUT2D eigenvalue weighted by Crippen LogP contribution is -2.29. The van der Waals surface area contributed by atoms with Crippen molar-refractivity contribution >= 4 is 23.2 Å². The molecule has 1 fully saturated rings. The second-order valence-corrected chi connectivity index (χ2v) is 5.06. The summed E-state index contributed by atoms with van der Waals surface area (Å²) >= 11 is 11.8. The number of alkyl halides is 1. The maximum Gasteiger partial charge on any atom is 0.142 e. The number of hydrogen-bond acceptors (Lipinski definition) is 1. The van der Waals surface area contributed by atoms with Crippen LogP contribution in [0.3, 0.4) is 0 Å². The number of ether oxygens (including phenoxy) is 1. The van der Waals surface area contributed by atoms with Gasteiger partial charge >= 0.3 is 0 Å². The van der Waals surface area contributed by atoms with Gasteiger partial charge in [-0.25, -0.2) is 4.39 Å². The lowest BCUT2D eigenvalue weighted by atomic mass is 9.94. The average Bonchev–Trinajstić information content (AvgIpc) is 2.27. The van der Waals surface area contributed by atoms with Gasteiger partial charge in [-0.3, -0.25) is 0 Å². The summed E-state index contributed by atoms with van der Waals surface area (Å²) in [6.45, 7) is 1.37. The highest BCUT2D eigenvalue weighted by Crippen LogP contribution is 2.25. The second kappa shape index (κ2) is 5.35. The first kappa shape index (κ1) is 12.2. The molecule has 4 heteroatoms. The molecule has 16 heavy (non-hydrogen) atoms. The van der Waals surface area contributed by atoms with E-state index in [4.69, 9.17) is 27.9 Å². The van der Waals surface area contributed by atoms with Gasteiger partial charge in [0.05, 0.1) is 11.6 Å². The Morgan fingerprint density at radius 2 is 2.25 bits per heavy atom. The molecule has 1 aliphatic rings. The molecule has 0 saturated carbocycles. The van der Waals surface area contributed by atoms with Crippen LogP contribution in [0.15, 0.2) is 18.2 Å². The zero-order valence-corrected chi connectivity index (χ0v) is 10.3. The Morgan fingerprint density at radius 3 is 2.94 bits per heavy atom. The van der Waals surface area contributed by atoms with E-state index in [1.54, 1.807) is 6.07 Å². The van der Waals surface area contributed by atoms with Crippen molar-refractivity contribution in [2.45, 2.75) is 18.2 Å². The van der Waals surface area contributed by atoms with E-state index >= 15 is 0 Å². The van der Waals surface area contributed by atoms with Gasteiger partial charge in [0.15, 0.2) is 0 Å². The van der Waals surface area contributed by atoms with Crippen LogP contribution in [-0.2, 0) is 11.2 Å². The van der Waals surface area contributed by atoms with Gasteiger partial charge in [-0.2, -0.15) is 0 Å². The third-order valence-electron chi connectivity index (χ3n) is 2.86. The lowest BCUT2D eigenvalue weighted by Gasteiger charge is -2.27. The monoisotopic (exact) mass is 262 g/mol. The molecule has 1 heterocycles. The van der Waals surface area contributed by atoms with E-state index < -0.39 is 0 Å². The van der Waals surface area contributed by atoms with Gasteiger partial charge in [-0.1, -0.05) is 17.7 Å². The molecule has 2 unspecified atom stereocenters. The van der Waals surface area contributed by atoms with Crippen molar-refractivity contribution in [1.82, 2.24) is 0 Å². The third-order valence-corrected chi connectivity index (χ3v) is 3.74. The first-order chi connectivity index (χ1) is 7.66. The Kier molecular flexibility index (Phi) is 4.06. The molecule has 0 bridgehead atoms. The van der Waals surface area contributed by atoms with Crippen LogP contribution in [0.25, 0.3) is 0 Å². The third kappa shape index (κ3) is 2.88. The van der Waals surface area contributed by atoms with E-state index in [0.29, 0.717) is 6.61 Å². The predicted octanol–water partition coefficient (Wildman–Crippen LogP) is 3.67. The largest absolute Gasteiger partial charge is 0.381 e. The van der Waals surface area contributed by atoms with Crippen LogP contribution in [0.5, 0.6) is 0 Å². The average molecular weight is 263 g/mol. The summed E-state index contributed by atoms with van der Waals surface area (Å²) in [7, 11) is 0. The van der Waals surface area contributed by atoms with Crippen LogP contribution in [-0.4, -0.2) is 18.6 Å². The summed E-state index contributed by atoms with van der Waals surface area (Å²) in [5, 5.41) is 0.276. The fraction of sp³-hybridized carbons (Fsp3) is 0.500. The first-order valence-corrected chi connectivity index (χ1v) is 6.14. The molecule has 1 saturated heterocycles. The Labute approximate surface area is 105 Å². The van der Waals surface area contributed by atoms with E-state index in [1.807, 2.05) is 6.07 Å². The van der Waals surface area contributed by atoms with Gasteiger partial charge in [-0.05, 0) is 30.5 Å². The maximum atomic E-state index is 13.2. The van der Waals surface area contributed by atoms with Gasteiger partial charge in [-0.15, -0.1) is 11.6 Å². The van der Waals surface area contributed by atoms with Crippen molar-refractivity contribution in [2.24, 2.45) is 5.92 Å². The molecular weight excluding hydrogens is 250 g/mol. The quantitative estimate of drug-likeness (QED) is 0.740. The highest BCUT2D eigenvalue weighted by Gasteiger charge is 2.24. The predicted molar refractivity (Wildman–Crippen MR) is 63.7 cm³/mol. The second-order valence-electron chi connectivity index (χ2n) is 4.09. The molecule has 1 aromatic carbocycles. The molecule has 1 nitrogen and oxygen atoms in total. The summed E-state index contributed by atoms with van der Waals surface area (Å²) in [6, 6.07) is 4.89. The molecule has 1 aromatic rings. The van der Waals surface area contributed by atoms with E-state index in [0.717, 1.165) is 25.0 Å². The molecule has 1 aliphatic heterocycles. The van der Waals surface area contributed by atoms with Crippen molar-refractivity contribution in [3.63, 3.8) is 0 Å². The zero-order valence-electron chi connectivity index (χ0n) is 8.76. The Morgan fingerprint density at radius 1 is 1.44 bits per heavy atom. The van der Waals surface area contributed by atoms with Gasteiger partial charge in [0.25, 0.3) is 0 Å². The fourth-order valence-electron chi connectivity index (χ4n) is 1.93. The Balaban J connectivity index is 2.05. The number of halogens is 3. The van der Waals surface area contributed by atoms with E-state index in [-0.39, 0.29) is 22.1 Å². The molecule has 2 atom stereocenters. The van der Waals surface area contributed by atoms with Gasteiger partial charge in [0.1, 0.15) is 5.82 Å². The summed E-state index contributed by atoms with van der Waals surface area (Å²) in [5.41, 5.74) is 0.919. The molecule has 0 N–H and O–H groups in total. The van der Waals surface area contributed by atoms with Crippen LogP contribution >= 0.6 is 23.2 Å². The molecule has 0 aliphatic carbocycles. The summed E-state index contributed by atoms with van der Waals surface area (Å²) in [6.07, 6.45) is 1.60. The number of hydrogen-bond donors (Lipinski definition) is 0. The van der Waals surface area contributed by atoms with Crippen LogP contribution in [0.1, 0.15) is 12.0 Å². The van der Waals surface area contributed by atoms with Crippen molar-refractivity contribution in [3.05, 3.63) is 34.6 Å². The summed E-state index contributed by atoms with van der Waals surface area (Å²) in [4.78, 5) is 0. The SMILES string of the molecule is Fc1cc(CC2COCCC2Cl)ccc1Cl. The van der Waals surface area contributed by atoms with Crippen LogP contribution in [0, 0.1) is 11.7 Å². The van der Waals surface area contributed by atoms with Crippen LogP contribution in [0.2, 0.25) is 5.02 Å². The maximum absolute atomic E-state index is 13.2. The van der Waals surface area contributed by atoms with Crippen molar-refractivity contribution < 1.29 is 9.13 Å². The Hall–Kier alpha value is -0.310. The number of rotatable bonds is 2. The van der Waals surface area contributed by atoms with Gasteiger partial charge < -0.3 is 4.74 Å². The molecule has 88 valence electrons. The molecule has 0 radical (unpaired) electrons. The Bertz CT molecular complexity index is 370. The summed E-state index contributed by atoms with van der Waals surface area (Å²) in [5.74, 6) is -0.113. The van der Waals surface area contributed by atoms with Crippen LogP contribution in [0.4, 0.5) is 4.39 Å². The number of benzene rings is 1. The zero-order chi connectivity index (χ0) is 11.5. The minimum atomic E-state index is -0.373. The minimum absolute atomic E-state index is 0.118. The van der Waals surface area contributed by atoms with Crippen molar-refractivity contribution in [1.29, 1.82) is 0 Å². The molecule has 2 rings (SSSR count). The summed E-state index contributed by atoms with van der Waals surface area (Å²) < 4.78 is 18.6. The normalized spacial score (nSPS) is 25.7. The lowest BCUT2D eigenvalue weighted by molar-refractivity contribution is 0.0577. The topological polar surface area (TPSA) is 9.23 Å². The highest BCUT2D eigenvalue weighted by atomic mass is 35.5. The molecule has 0 amide bonds. The van der Waals surface area contributed by atoms with E-state index in [9.17, 15) is 4.39 Å². The molecule has 0 spiro atoms. The van der Waals surface area contributed by atoms with Crippen LogP contribution < -0.4 is 0 Å². The smallest absolute Gasteiger partial charge is 0.142 e. The fourth-order valence-corrected chi connectivity index (χ4v) is 2.30. The van der Waals surface area contributed by atoms with Gasteiger partial charge in [0.2, 0.25) is 0 Å². The highest BCUT2D eigenvalue weighted by molar-refractivity contribution is 6.30. The van der Waals surface area contributed by atoms with Gasteiger partial charge in [0, 0.05) is 17.9 Å². The first-order valence-electron chi connectivity index (χ1n) is 5.32.